The standard InChI is InChI=1S/C14H20N2O2/c1-9(15)10-4-5-16(7-10)13-8-18-14-6-11(17)2-3-12(13)14/h2-3,6,9-10,13,17H,4-5,7-8,15H2,1H3. The van der Waals surface area contributed by atoms with Crippen molar-refractivity contribution in [2.24, 2.45) is 11.7 Å². The lowest BCUT2D eigenvalue weighted by molar-refractivity contribution is 0.188. The second-order valence-electron chi connectivity index (χ2n) is 5.45. The molecule has 2 aliphatic heterocycles. The highest BCUT2D eigenvalue weighted by Crippen LogP contribution is 2.40. The first-order valence-electron chi connectivity index (χ1n) is 6.60. The van der Waals surface area contributed by atoms with Crippen molar-refractivity contribution in [1.82, 2.24) is 4.90 Å². The molecular formula is C14H20N2O2. The highest BCUT2D eigenvalue weighted by molar-refractivity contribution is 5.44. The quantitative estimate of drug-likeness (QED) is 0.832. The van der Waals surface area contributed by atoms with Gasteiger partial charge in [-0.1, -0.05) is 0 Å². The minimum atomic E-state index is 0.261. The molecule has 0 aromatic heterocycles. The summed E-state index contributed by atoms with van der Waals surface area (Å²) in [5.41, 5.74) is 7.17. The van der Waals surface area contributed by atoms with Crippen molar-refractivity contribution in [3.8, 4) is 11.5 Å². The van der Waals surface area contributed by atoms with E-state index in [2.05, 4.69) is 11.8 Å². The molecule has 4 nitrogen and oxygen atoms in total. The third kappa shape index (κ3) is 1.95. The molecule has 1 aromatic carbocycles. The van der Waals surface area contributed by atoms with Gasteiger partial charge in [0.25, 0.3) is 0 Å². The minimum absolute atomic E-state index is 0.261. The van der Waals surface area contributed by atoms with E-state index >= 15 is 0 Å². The van der Waals surface area contributed by atoms with Crippen molar-refractivity contribution in [3.05, 3.63) is 23.8 Å². The number of likely N-dealkylation sites (tertiary alicyclic amines) is 1. The lowest BCUT2D eigenvalue weighted by Crippen LogP contribution is -2.32. The lowest BCUT2D eigenvalue weighted by atomic mass is 10.0. The number of nitrogens with two attached hydrogens (primary N) is 1. The fourth-order valence-corrected chi connectivity index (χ4v) is 3.01. The van der Waals surface area contributed by atoms with E-state index in [1.54, 1.807) is 12.1 Å². The second kappa shape index (κ2) is 4.44. The van der Waals surface area contributed by atoms with Crippen LogP contribution >= 0.6 is 0 Å². The predicted molar refractivity (Wildman–Crippen MR) is 69.7 cm³/mol. The van der Waals surface area contributed by atoms with Gasteiger partial charge in [-0.15, -0.1) is 0 Å². The summed E-state index contributed by atoms with van der Waals surface area (Å²) >= 11 is 0. The van der Waals surface area contributed by atoms with Gasteiger partial charge in [-0.2, -0.15) is 0 Å². The smallest absolute Gasteiger partial charge is 0.127 e. The van der Waals surface area contributed by atoms with E-state index in [1.807, 2.05) is 6.07 Å². The molecule has 98 valence electrons. The van der Waals surface area contributed by atoms with E-state index in [0.29, 0.717) is 18.6 Å². The Bertz CT molecular complexity index is 447. The molecule has 18 heavy (non-hydrogen) atoms. The van der Waals surface area contributed by atoms with E-state index in [-0.39, 0.29) is 11.8 Å². The molecule has 0 amide bonds. The molecule has 3 atom stereocenters. The zero-order valence-corrected chi connectivity index (χ0v) is 10.7. The third-order valence-corrected chi connectivity index (χ3v) is 4.19. The first-order valence-corrected chi connectivity index (χ1v) is 6.60. The molecule has 2 heterocycles. The van der Waals surface area contributed by atoms with E-state index < -0.39 is 0 Å². The number of rotatable bonds is 2. The Kier molecular flexibility index (Phi) is 2.92. The molecule has 0 radical (unpaired) electrons. The maximum atomic E-state index is 9.45. The van der Waals surface area contributed by atoms with Crippen molar-refractivity contribution in [2.75, 3.05) is 19.7 Å². The van der Waals surface area contributed by atoms with Crippen LogP contribution in [-0.4, -0.2) is 35.7 Å². The highest BCUT2D eigenvalue weighted by atomic mass is 16.5. The summed E-state index contributed by atoms with van der Waals surface area (Å²) in [6.45, 7) is 4.91. The molecule has 4 heteroatoms. The average Bonchev–Trinajstić information content (AvgIpc) is 2.92. The van der Waals surface area contributed by atoms with Crippen LogP contribution in [0.25, 0.3) is 0 Å². The zero-order valence-electron chi connectivity index (χ0n) is 10.7. The Morgan fingerprint density at radius 1 is 1.50 bits per heavy atom. The van der Waals surface area contributed by atoms with Gasteiger partial charge < -0.3 is 15.6 Å². The van der Waals surface area contributed by atoms with Crippen LogP contribution in [0.1, 0.15) is 24.9 Å². The molecule has 1 fully saturated rings. The van der Waals surface area contributed by atoms with Gasteiger partial charge in [0.15, 0.2) is 0 Å². The fourth-order valence-electron chi connectivity index (χ4n) is 3.01. The van der Waals surface area contributed by atoms with Crippen molar-refractivity contribution >= 4 is 0 Å². The fraction of sp³-hybridized carbons (Fsp3) is 0.571. The first-order chi connectivity index (χ1) is 8.65. The van der Waals surface area contributed by atoms with Crippen LogP contribution in [0.15, 0.2) is 18.2 Å². The van der Waals surface area contributed by atoms with Gasteiger partial charge in [0.2, 0.25) is 0 Å². The molecule has 0 bridgehead atoms. The molecule has 3 unspecified atom stereocenters. The number of hydrogen-bond acceptors (Lipinski definition) is 4. The Hall–Kier alpha value is -1.26. The number of phenolic OH excluding ortho intramolecular Hbond substituents is 1. The molecule has 2 aliphatic rings. The van der Waals surface area contributed by atoms with Crippen LogP contribution in [-0.2, 0) is 0 Å². The second-order valence-corrected chi connectivity index (χ2v) is 5.45. The van der Waals surface area contributed by atoms with E-state index in [1.165, 1.54) is 12.0 Å². The van der Waals surface area contributed by atoms with Gasteiger partial charge in [0.05, 0.1) is 6.04 Å². The third-order valence-electron chi connectivity index (χ3n) is 4.19. The average molecular weight is 248 g/mol. The van der Waals surface area contributed by atoms with Crippen molar-refractivity contribution in [2.45, 2.75) is 25.4 Å². The maximum Gasteiger partial charge on any atom is 0.127 e. The number of benzene rings is 1. The predicted octanol–water partition coefficient (Wildman–Crippen LogP) is 1.49. The van der Waals surface area contributed by atoms with Crippen LogP contribution in [0.3, 0.4) is 0 Å². The SMILES string of the molecule is CC(N)C1CCN(C2COc3cc(O)ccc32)C1. The topological polar surface area (TPSA) is 58.7 Å². The number of aromatic hydroxyl groups is 1. The summed E-state index contributed by atoms with van der Waals surface area (Å²) in [7, 11) is 0. The molecule has 3 N–H and O–H groups in total. The Morgan fingerprint density at radius 3 is 3.06 bits per heavy atom. The molecule has 0 saturated carbocycles. The van der Waals surface area contributed by atoms with E-state index in [9.17, 15) is 5.11 Å². The molecule has 0 spiro atoms. The van der Waals surface area contributed by atoms with Gasteiger partial charge in [-0.25, -0.2) is 0 Å². The van der Waals surface area contributed by atoms with Crippen LogP contribution in [0.4, 0.5) is 0 Å². The Morgan fingerprint density at radius 2 is 2.33 bits per heavy atom. The minimum Gasteiger partial charge on any atom is -0.508 e. The number of ether oxygens (including phenoxy) is 1. The van der Waals surface area contributed by atoms with Crippen LogP contribution in [0.5, 0.6) is 11.5 Å². The Labute approximate surface area is 107 Å². The summed E-state index contributed by atoms with van der Waals surface area (Å²) in [5, 5.41) is 9.45. The summed E-state index contributed by atoms with van der Waals surface area (Å²) in [6.07, 6.45) is 1.17. The largest absolute Gasteiger partial charge is 0.508 e. The van der Waals surface area contributed by atoms with Gasteiger partial charge in [-0.05, 0) is 37.9 Å². The normalized spacial score (nSPS) is 29.0. The number of nitrogens with zero attached hydrogens (tertiary/aromatic N) is 1. The van der Waals surface area contributed by atoms with Crippen LogP contribution in [0.2, 0.25) is 0 Å². The van der Waals surface area contributed by atoms with Gasteiger partial charge in [0.1, 0.15) is 18.1 Å². The molecule has 1 aromatic rings. The molecule has 1 saturated heterocycles. The Balaban J connectivity index is 1.77. The summed E-state index contributed by atoms with van der Waals surface area (Å²) in [5.74, 6) is 1.68. The van der Waals surface area contributed by atoms with Crippen molar-refractivity contribution in [3.63, 3.8) is 0 Å². The number of fused-ring (bicyclic) bond motifs is 1. The highest BCUT2D eigenvalue weighted by Gasteiger charge is 2.35. The van der Waals surface area contributed by atoms with Crippen LogP contribution < -0.4 is 10.5 Å². The summed E-state index contributed by atoms with van der Waals surface area (Å²) in [6, 6.07) is 6.00. The molecular weight excluding hydrogens is 228 g/mol. The maximum absolute atomic E-state index is 9.45. The summed E-state index contributed by atoms with van der Waals surface area (Å²) in [4.78, 5) is 2.46. The zero-order chi connectivity index (χ0) is 12.7. The number of hydrogen-bond donors (Lipinski definition) is 2. The summed E-state index contributed by atoms with van der Waals surface area (Å²) < 4.78 is 5.67. The molecule has 3 rings (SSSR count). The van der Waals surface area contributed by atoms with E-state index in [0.717, 1.165) is 18.8 Å². The van der Waals surface area contributed by atoms with Gasteiger partial charge in [0, 0.05) is 24.2 Å². The first kappa shape index (κ1) is 11.8. The monoisotopic (exact) mass is 248 g/mol. The lowest BCUT2D eigenvalue weighted by Gasteiger charge is -2.23. The number of phenols is 1. The van der Waals surface area contributed by atoms with Crippen molar-refractivity contribution < 1.29 is 9.84 Å². The van der Waals surface area contributed by atoms with Gasteiger partial charge in [-0.3, -0.25) is 4.90 Å². The van der Waals surface area contributed by atoms with Gasteiger partial charge >= 0.3 is 0 Å². The van der Waals surface area contributed by atoms with Crippen molar-refractivity contribution in [1.29, 1.82) is 0 Å². The van der Waals surface area contributed by atoms with E-state index in [4.69, 9.17) is 10.5 Å². The molecule has 0 aliphatic carbocycles. The van der Waals surface area contributed by atoms with Crippen LogP contribution in [0, 0.1) is 5.92 Å².